The van der Waals surface area contributed by atoms with Crippen LogP contribution in [0.15, 0.2) is 26.9 Å². The van der Waals surface area contributed by atoms with Gasteiger partial charge in [0.25, 0.3) is 0 Å². The number of rotatable bonds is 5. The topological polar surface area (TPSA) is 92.4 Å². The Hall–Kier alpha value is -1.22. The summed E-state index contributed by atoms with van der Waals surface area (Å²) in [5.74, 6) is 0.628. The van der Waals surface area contributed by atoms with Crippen molar-refractivity contribution in [2.75, 3.05) is 0 Å². The summed E-state index contributed by atoms with van der Waals surface area (Å²) in [6, 6.07) is 4.71. The highest BCUT2D eigenvalue weighted by atomic mass is 32.2. The normalized spacial score (nSPS) is 11.9. The molecule has 0 radical (unpaired) electrons. The Morgan fingerprint density at radius 1 is 1.50 bits per heavy atom. The Morgan fingerprint density at radius 2 is 2.28 bits per heavy atom. The standard InChI is InChI=1S/C10H12N2O4S2/c1-7-4-8(12-16-7)5-11-18(14,15)10-3-2-9(6-13)17-10/h2-4,11,13H,5-6H2,1H3. The number of nitrogens with one attached hydrogen (secondary N) is 1. The number of hydrogen-bond acceptors (Lipinski definition) is 6. The SMILES string of the molecule is Cc1cc(CNS(=O)(=O)c2ccc(CO)s2)no1. The van der Waals surface area contributed by atoms with E-state index in [4.69, 9.17) is 9.63 Å². The molecule has 0 bridgehead atoms. The molecule has 8 heteroatoms. The summed E-state index contributed by atoms with van der Waals surface area (Å²) in [6.07, 6.45) is 0. The smallest absolute Gasteiger partial charge is 0.250 e. The summed E-state index contributed by atoms with van der Waals surface area (Å²) in [5.41, 5.74) is 0.523. The third-order valence-electron chi connectivity index (χ3n) is 2.18. The Morgan fingerprint density at radius 3 is 2.83 bits per heavy atom. The molecule has 0 saturated carbocycles. The van der Waals surface area contributed by atoms with Gasteiger partial charge in [0.2, 0.25) is 10.0 Å². The predicted octanol–water partition coefficient (Wildman–Crippen LogP) is 1.02. The zero-order valence-corrected chi connectivity index (χ0v) is 11.2. The minimum Gasteiger partial charge on any atom is -0.391 e. The highest BCUT2D eigenvalue weighted by Gasteiger charge is 2.17. The van der Waals surface area contributed by atoms with Gasteiger partial charge in [-0.25, -0.2) is 13.1 Å². The number of sulfonamides is 1. The lowest BCUT2D eigenvalue weighted by Gasteiger charge is -2.01. The lowest BCUT2D eigenvalue weighted by Crippen LogP contribution is -2.22. The Bertz CT molecular complexity index is 630. The average molecular weight is 288 g/mol. The van der Waals surface area contributed by atoms with E-state index in [0.717, 1.165) is 11.3 Å². The van der Waals surface area contributed by atoms with Crippen LogP contribution in [0, 0.1) is 6.92 Å². The predicted molar refractivity (Wildman–Crippen MR) is 65.5 cm³/mol. The second kappa shape index (κ2) is 5.19. The molecule has 0 amide bonds. The summed E-state index contributed by atoms with van der Waals surface area (Å²) in [7, 11) is -3.56. The fraction of sp³-hybridized carbons (Fsp3) is 0.300. The molecule has 0 saturated heterocycles. The summed E-state index contributed by atoms with van der Waals surface area (Å²) in [4.78, 5) is 0.604. The molecule has 0 unspecified atom stereocenters. The van der Waals surface area contributed by atoms with Crippen LogP contribution in [0.4, 0.5) is 0 Å². The summed E-state index contributed by atoms with van der Waals surface area (Å²) >= 11 is 1.04. The molecule has 0 aliphatic carbocycles. The van der Waals surface area contributed by atoms with Crippen molar-refractivity contribution in [1.29, 1.82) is 0 Å². The molecular formula is C10H12N2O4S2. The minimum atomic E-state index is -3.56. The van der Waals surface area contributed by atoms with Crippen molar-refractivity contribution in [1.82, 2.24) is 9.88 Å². The lowest BCUT2D eigenvalue weighted by atomic mass is 10.4. The van der Waals surface area contributed by atoms with Gasteiger partial charge in [0.05, 0.1) is 18.8 Å². The first-order chi connectivity index (χ1) is 8.51. The van der Waals surface area contributed by atoms with Crippen LogP contribution in [0.3, 0.4) is 0 Å². The molecule has 0 aliphatic rings. The van der Waals surface area contributed by atoms with Crippen LogP contribution in [-0.4, -0.2) is 18.7 Å². The van der Waals surface area contributed by atoms with E-state index in [1.54, 1.807) is 19.1 Å². The van der Waals surface area contributed by atoms with Gasteiger partial charge in [-0.1, -0.05) is 5.16 Å². The van der Waals surface area contributed by atoms with Gasteiger partial charge in [-0.2, -0.15) is 0 Å². The summed E-state index contributed by atoms with van der Waals surface area (Å²) < 4.78 is 31.2. The van der Waals surface area contributed by atoms with E-state index >= 15 is 0 Å². The molecule has 98 valence electrons. The number of thiophene rings is 1. The number of hydrogen-bond donors (Lipinski definition) is 2. The van der Waals surface area contributed by atoms with Crippen molar-refractivity contribution in [3.8, 4) is 0 Å². The molecule has 2 aromatic rings. The molecule has 0 fully saturated rings. The number of aromatic nitrogens is 1. The van der Waals surface area contributed by atoms with Gasteiger partial charge in [0.15, 0.2) is 0 Å². The molecule has 6 nitrogen and oxygen atoms in total. The summed E-state index contributed by atoms with van der Waals surface area (Å²) in [6.45, 7) is 1.65. The van der Waals surface area contributed by atoms with E-state index in [9.17, 15) is 8.42 Å². The molecule has 0 aromatic carbocycles. The Balaban J connectivity index is 2.07. The van der Waals surface area contributed by atoms with E-state index in [1.165, 1.54) is 6.07 Å². The van der Waals surface area contributed by atoms with Gasteiger partial charge in [-0.05, 0) is 19.1 Å². The van der Waals surface area contributed by atoms with Crippen LogP contribution in [0.25, 0.3) is 0 Å². The van der Waals surface area contributed by atoms with Gasteiger partial charge in [0.1, 0.15) is 9.97 Å². The van der Waals surface area contributed by atoms with Crippen molar-refractivity contribution in [3.05, 3.63) is 34.5 Å². The first-order valence-corrected chi connectivity index (χ1v) is 7.42. The Labute approximate surface area is 108 Å². The number of nitrogens with zero attached hydrogens (tertiary/aromatic N) is 1. The maximum Gasteiger partial charge on any atom is 0.250 e. The van der Waals surface area contributed by atoms with Gasteiger partial charge in [-0.3, -0.25) is 0 Å². The van der Waals surface area contributed by atoms with Gasteiger partial charge >= 0.3 is 0 Å². The van der Waals surface area contributed by atoms with E-state index in [2.05, 4.69) is 9.88 Å². The maximum absolute atomic E-state index is 11.9. The first-order valence-electron chi connectivity index (χ1n) is 5.13. The average Bonchev–Trinajstić information content (AvgIpc) is 2.95. The van der Waals surface area contributed by atoms with Crippen molar-refractivity contribution < 1.29 is 18.0 Å². The van der Waals surface area contributed by atoms with Crippen LogP contribution in [-0.2, 0) is 23.2 Å². The number of aryl methyl sites for hydroxylation is 1. The fourth-order valence-corrected chi connectivity index (χ4v) is 3.59. The third kappa shape index (κ3) is 2.96. The van der Waals surface area contributed by atoms with Gasteiger partial charge in [-0.15, -0.1) is 11.3 Å². The van der Waals surface area contributed by atoms with Crippen molar-refractivity contribution in [3.63, 3.8) is 0 Å². The highest BCUT2D eigenvalue weighted by Crippen LogP contribution is 2.21. The van der Waals surface area contributed by atoms with Crippen molar-refractivity contribution in [2.24, 2.45) is 0 Å². The van der Waals surface area contributed by atoms with Crippen molar-refractivity contribution in [2.45, 2.75) is 24.3 Å². The molecule has 0 aliphatic heterocycles. The molecule has 2 rings (SSSR count). The van der Waals surface area contributed by atoms with E-state index in [0.29, 0.717) is 16.3 Å². The second-order valence-electron chi connectivity index (χ2n) is 3.63. The highest BCUT2D eigenvalue weighted by molar-refractivity contribution is 7.91. The molecule has 0 atom stereocenters. The van der Waals surface area contributed by atoms with Crippen LogP contribution < -0.4 is 4.72 Å². The number of aliphatic hydroxyl groups excluding tert-OH is 1. The minimum absolute atomic E-state index is 0.0754. The monoisotopic (exact) mass is 288 g/mol. The second-order valence-corrected chi connectivity index (χ2v) is 6.79. The zero-order valence-electron chi connectivity index (χ0n) is 9.58. The fourth-order valence-electron chi connectivity index (χ4n) is 1.33. The zero-order chi connectivity index (χ0) is 13.2. The number of aliphatic hydroxyl groups is 1. The van der Waals surface area contributed by atoms with Crippen LogP contribution in [0.5, 0.6) is 0 Å². The van der Waals surface area contributed by atoms with Crippen LogP contribution >= 0.6 is 11.3 Å². The molecule has 2 aromatic heterocycles. The van der Waals surface area contributed by atoms with Gasteiger partial charge < -0.3 is 9.63 Å². The Kier molecular flexibility index (Phi) is 3.81. The van der Waals surface area contributed by atoms with Crippen LogP contribution in [0.1, 0.15) is 16.3 Å². The van der Waals surface area contributed by atoms with E-state index in [-0.39, 0.29) is 17.4 Å². The maximum atomic E-state index is 11.9. The molecule has 0 spiro atoms. The summed E-state index contributed by atoms with van der Waals surface area (Å²) in [5, 5.41) is 12.6. The van der Waals surface area contributed by atoms with E-state index in [1.807, 2.05) is 0 Å². The molecule has 18 heavy (non-hydrogen) atoms. The first kappa shape index (κ1) is 13.2. The van der Waals surface area contributed by atoms with Gasteiger partial charge in [0, 0.05) is 10.9 Å². The molecule has 2 N–H and O–H groups in total. The largest absolute Gasteiger partial charge is 0.391 e. The van der Waals surface area contributed by atoms with Crippen LogP contribution in [0.2, 0.25) is 0 Å². The third-order valence-corrected chi connectivity index (χ3v) is 5.14. The molecular weight excluding hydrogens is 276 g/mol. The lowest BCUT2D eigenvalue weighted by molar-refractivity contribution is 0.285. The quantitative estimate of drug-likeness (QED) is 0.856. The van der Waals surface area contributed by atoms with E-state index < -0.39 is 10.0 Å². The van der Waals surface area contributed by atoms with Crippen molar-refractivity contribution >= 4 is 21.4 Å². The molecule has 2 heterocycles.